The van der Waals surface area contributed by atoms with Crippen molar-refractivity contribution in [3.8, 4) is 5.75 Å². The molecule has 0 aromatic heterocycles. The molecule has 22 heavy (non-hydrogen) atoms. The van der Waals surface area contributed by atoms with Crippen LogP contribution in [-0.4, -0.2) is 57.3 Å². The van der Waals surface area contributed by atoms with E-state index in [0.29, 0.717) is 0 Å². The summed E-state index contributed by atoms with van der Waals surface area (Å²) >= 11 is 0. The van der Waals surface area contributed by atoms with Gasteiger partial charge >= 0.3 is 0 Å². The molecule has 1 unspecified atom stereocenters. The van der Waals surface area contributed by atoms with Crippen molar-refractivity contribution >= 4 is 5.69 Å². The maximum Gasteiger partial charge on any atom is 0.142 e. The summed E-state index contributed by atoms with van der Waals surface area (Å²) in [5, 5.41) is 3.53. The summed E-state index contributed by atoms with van der Waals surface area (Å²) in [4.78, 5) is 5.11. The second-order valence-corrected chi connectivity index (χ2v) is 6.40. The van der Waals surface area contributed by atoms with Gasteiger partial charge in [0.1, 0.15) is 5.75 Å². The standard InChI is InChI=1S/C18H29N3O/c1-2-22-18-8-4-3-7-17(18)21-12-10-20(11-13-21)15-16-6-5-9-19-14-16/h3-4,7-8,16,19H,2,5-6,9-15H2,1H3. The monoisotopic (exact) mass is 303 g/mol. The summed E-state index contributed by atoms with van der Waals surface area (Å²) in [5.74, 6) is 1.87. The molecular formula is C18H29N3O. The lowest BCUT2D eigenvalue weighted by Gasteiger charge is -2.38. The van der Waals surface area contributed by atoms with Crippen LogP contribution in [0.3, 0.4) is 0 Å². The molecule has 2 fully saturated rings. The van der Waals surface area contributed by atoms with E-state index in [1.165, 1.54) is 38.2 Å². The normalized spacial score (nSPS) is 23.5. The lowest BCUT2D eigenvalue weighted by molar-refractivity contribution is 0.198. The zero-order chi connectivity index (χ0) is 15.2. The first-order valence-corrected chi connectivity index (χ1v) is 8.76. The molecule has 122 valence electrons. The van der Waals surface area contributed by atoms with Crippen LogP contribution in [0.25, 0.3) is 0 Å². The van der Waals surface area contributed by atoms with Gasteiger partial charge in [-0.3, -0.25) is 4.90 Å². The average Bonchev–Trinajstić information content (AvgIpc) is 2.58. The fourth-order valence-corrected chi connectivity index (χ4v) is 3.61. The molecule has 1 atom stereocenters. The zero-order valence-electron chi connectivity index (χ0n) is 13.8. The maximum absolute atomic E-state index is 5.78. The smallest absolute Gasteiger partial charge is 0.142 e. The largest absolute Gasteiger partial charge is 0.492 e. The SMILES string of the molecule is CCOc1ccccc1N1CCN(CC2CCCNC2)CC1. The topological polar surface area (TPSA) is 27.7 Å². The molecule has 0 radical (unpaired) electrons. The fourth-order valence-electron chi connectivity index (χ4n) is 3.61. The van der Waals surface area contributed by atoms with Gasteiger partial charge in [-0.05, 0) is 50.9 Å². The van der Waals surface area contributed by atoms with Crippen LogP contribution in [0.2, 0.25) is 0 Å². The molecular weight excluding hydrogens is 274 g/mol. The molecule has 2 aliphatic heterocycles. The summed E-state index contributed by atoms with van der Waals surface area (Å²) in [7, 11) is 0. The third-order valence-corrected chi connectivity index (χ3v) is 4.79. The highest BCUT2D eigenvalue weighted by molar-refractivity contribution is 5.58. The number of hydrogen-bond acceptors (Lipinski definition) is 4. The minimum Gasteiger partial charge on any atom is -0.492 e. The van der Waals surface area contributed by atoms with Gasteiger partial charge in [-0.25, -0.2) is 0 Å². The number of para-hydroxylation sites is 2. The Balaban J connectivity index is 1.53. The van der Waals surface area contributed by atoms with Crippen molar-refractivity contribution in [2.24, 2.45) is 5.92 Å². The van der Waals surface area contributed by atoms with Crippen molar-refractivity contribution in [1.82, 2.24) is 10.2 Å². The van der Waals surface area contributed by atoms with Gasteiger partial charge in [0.25, 0.3) is 0 Å². The van der Waals surface area contributed by atoms with Gasteiger partial charge in [-0.15, -0.1) is 0 Å². The molecule has 1 N–H and O–H groups in total. The average molecular weight is 303 g/mol. The van der Waals surface area contributed by atoms with Crippen molar-refractivity contribution in [2.45, 2.75) is 19.8 Å². The van der Waals surface area contributed by atoms with Gasteiger partial charge in [0.05, 0.1) is 12.3 Å². The van der Waals surface area contributed by atoms with Crippen LogP contribution in [0, 0.1) is 5.92 Å². The van der Waals surface area contributed by atoms with Crippen LogP contribution in [-0.2, 0) is 0 Å². The number of nitrogens with zero attached hydrogens (tertiary/aromatic N) is 2. The predicted octanol–water partition coefficient (Wildman–Crippen LogP) is 2.21. The van der Waals surface area contributed by atoms with Crippen molar-refractivity contribution in [2.75, 3.05) is 57.3 Å². The minimum atomic E-state index is 0.728. The second kappa shape index (κ2) is 7.84. The Morgan fingerprint density at radius 3 is 2.73 bits per heavy atom. The third kappa shape index (κ3) is 3.93. The molecule has 4 heteroatoms. The number of nitrogens with one attached hydrogen (secondary N) is 1. The van der Waals surface area contributed by atoms with E-state index >= 15 is 0 Å². The van der Waals surface area contributed by atoms with E-state index in [4.69, 9.17) is 4.74 Å². The van der Waals surface area contributed by atoms with E-state index in [1.807, 2.05) is 6.92 Å². The second-order valence-electron chi connectivity index (χ2n) is 6.40. The highest BCUT2D eigenvalue weighted by atomic mass is 16.5. The summed E-state index contributed by atoms with van der Waals surface area (Å²) in [6.45, 7) is 11.0. The molecule has 1 aromatic rings. The number of hydrogen-bond donors (Lipinski definition) is 1. The number of ether oxygens (including phenoxy) is 1. The Morgan fingerprint density at radius 1 is 1.18 bits per heavy atom. The Hall–Kier alpha value is -1.26. The molecule has 3 rings (SSSR count). The third-order valence-electron chi connectivity index (χ3n) is 4.79. The van der Waals surface area contributed by atoms with Gasteiger partial charge in [0.15, 0.2) is 0 Å². The molecule has 4 nitrogen and oxygen atoms in total. The van der Waals surface area contributed by atoms with Crippen LogP contribution in [0.1, 0.15) is 19.8 Å². The Bertz CT molecular complexity index is 451. The first kappa shape index (κ1) is 15.6. The van der Waals surface area contributed by atoms with Crippen LogP contribution in [0.4, 0.5) is 5.69 Å². The lowest BCUT2D eigenvalue weighted by atomic mass is 9.99. The molecule has 2 aliphatic rings. The van der Waals surface area contributed by atoms with Crippen LogP contribution >= 0.6 is 0 Å². The van der Waals surface area contributed by atoms with E-state index in [0.717, 1.165) is 44.5 Å². The first-order valence-electron chi connectivity index (χ1n) is 8.76. The van der Waals surface area contributed by atoms with Gasteiger partial charge in [0, 0.05) is 32.7 Å². The highest BCUT2D eigenvalue weighted by Gasteiger charge is 2.22. The Kier molecular flexibility index (Phi) is 5.57. The molecule has 0 amide bonds. The fraction of sp³-hybridized carbons (Fsp3) is 0.667. The van der Waals surface area contributed by atoms with E-state index in [2.05, 4.69) is 39.4 Å². The summed E-state index contributed by atoms with van der Waals surface area (Å²) in [6.07, 6.45) is 2.73. The Labute approximate surface area is 134 Å². The molecule has 0 aliphatic carbocycles. The van der Waals surface area contributed by atoms with Crippen molar-refractivity contribution in [3.63, 3.8) is 0 Å². The van der Waals surface area contributed by atoms with Crippen molar-refractivity contribution in [1.29, 1.82) is 0 Å². The van der Waals surface area contributed by atoms with Gasteiger partial charge in [-0.1, -0.05) is 12.1 Å². The van der Waals surface area contributed by atoms with E-state index in [9.17, 15) is 0 Å². The number of piperazine rings is 1. The van der Waals surface area contributed by atoms with Gasteiger partial charge in [-0.2, -0.15) is 0 Å². The zero-order valence-corrected chi connectivity index (χ0v) is 13.8. The maximum atomic E-state index is 5.78. The van der Waals surface area contributed by atoms with E-state index in [-0.39, 0.29) is 0 Å². The summed E-state index contributed by atoms with van der Waals surface area (Å²) in [5.41, 5.74) is 1.25. The van der Waals surface area contributed by atoms with Crippen LogP contribution in [0.15, 0.2) is 24.3 Å². The number of piperidine rings is 1. The van der Waals surface area contributed by atoms with E-state index in [1.54, 1.807) is 0 Å². The minimum absolute atomic E-state index is 0.728. The van der Waals surface area contributed by atoms with Crippen molar-refractivity contribution in [3.05, 3.63) is 24.3 Å². The number of rotatable bonds is 5. The molecule has 0 spiro atoms. The van der Waals surface area contributed by atoms with Gasteiger partial charge in [0.2, 0.25) is 0 Å². The molecule has 1 aromatic carbocycles. The quantitative estimate of drug-likeness (QED) is 0.902. The predicted molar refractivity (Wildman–Crippen MR) is 91.9 cm³/mol. The summed E-state index contributed by atoms with van der Waals surface area (Å²) < 4.78 is 5.78. The van der Waals surface area contributed by atoms with Crippen molar-refractivity contribution < 1.29 is 4.74 Å². The molecule has 2 heterocycles. The lowest BCUT2D eigenvalue weighted by Crippen LogP contribution is -2.49. The number of benzene rings is 1. The van der Waals surface area contributed by atoms with Gasteiger partial charge < -0.3 is 15.0 Å². The summed E-state index contributed by atoms with van der Waals surface area (Å²) in [6, 6.07) is 8.43. The van der Waals surface area contributed by atoms with Crippen LogP contribution < -0.4 is 15.0 Å². The highest BCUT2D eigenvalue weighted by Crippen LogP contribution is 2.29. The molecule has 0 saturated carbocycles. The molecule has 0 bridgehead atoms. The first-order chi connectivity index (χ1) is 10.9. The molecule has 2 saturated heterocycles. The Morgan fingerprint density at radius 2 is 2.00 bits per heavy atom. The van der Waals surface area contributed by atoms with E-state index < -0.39 is 0 Å². The number of anilines is 1. The van der Waals surface area contributed by atoms with Crippen LogP contribution in [0.5, 0.6) is 5.75 Å².